The van der Waals surface area contributed by atoms with Crippen molar-refractivity contribution < 1.29 is 4.79 Å². The highest BCUT2D eigenvalue weighted by Gasteiger charge is 2.40. The van der Waals surface area contributed by atoms with Gasteiger partial charge < -0.3 is 11.1 Å². The number of carbonyl (C=O) groups excluding carboxylic acids is 1. The van der Waals surface area contributed by atoms with Crippen LogP contribution in [-0.2, 0) is 4.79 Å². The fourth-order valence-electron chi connectivity index (χ4n) is 1.99. The van der Waals surface area contributed by atoms with E-state index in [2.05, 4.69) is 25.2 Å². The molecule has 1 aliphatic carbocycles. The molecule has 1 saturated carbocycles. The third-order valence-electron chi connectivity index (χ3n) is 3.08. The van der Waals surface area contributed by atoms with Gasteiger partial charge in [-0.15, -0.1) is 11.3 Å². The van der Waals surface area contributed by atoms with Gasteiger partial charge in [-0.1, -0.05) is 0 Å². The Morgan fingerprint density at radius 3 is 2.69 bits per heavy atom. The first-order valence-corrected chi connectivity index (χ1v) is 6.43. The average Bonchev–Trinajstić information content (AvgIpc) is 2.81. The van der Waals surface area contributed by atoms with E-state index in [0.29, 0.717) is 0 Å². The predicted octanol–water partition coefficient (Wildman–Crippen LogP) is 1.89. The van der Waals surface area contributed by atoms with E-state index in [4.69, 9.17) is 5.73 Å². The highest BCUT2D eigenvalue weighted by atomic mass is 32.1. The van der Waals surface area contributed by atoms with Crippen molar-refractivity contribution in [1.29, 1.82) is 0 Å². The van der Waals surface area contributed by atoms with Crippen molar-refractivity contribution in [2.75, 3.05) is 0 Å². The maximum absolute atomic E-state index is 11.7. The molecule has 1 fully saturated rings. The molecule has 1 aromatic heterocycles. The van der Waals surface area contributed by atoms with E-state index in [-0.39, 0.29) is 23.9 Å². The fraction of sp³-hybridized carbons (Fsp3) is 0.583. The number of nitrogens with one attached hydrogen (secondary N) is 1. The fourth-order valence-corrected chi connectivity index (χ4v) is 3.02. The first-order valence-electron chi connectivity index (χ1n) is 5.62. The number of nitrogens with two attached hydrogens (primary N) is 1. The highest BCUT2D eigenvalue weighted by molar-refractivity contribution is 7.12. The Morgan fingerprint density at radius 2 is 2.25 bits per heavy atom. The molecule has 1 heterocycles. The lowest BCUT2D eigenvalue weighted by atomic mass is 10.1. The van der Waals surface area contributed by atoms with Gasteiger partial charge in [-0.25, -0.2) is 0 Å². The molecule has 4 heteroatoms. The summed E-state index contributed by atoms with van der Waals surface area (Å²) < 4.78 is 0. The maximum atomic E-state index is 11.7. The number of aryl methyl sites for hydroxylation is 2. The van der Waals surface area contributed by atoms with Crippen LogP contribution in [0.25, 0.3) is 0 Å². The van der Waals surface area contributed by atoms with E-state index in [0.717, 1.165) is 6.42 Å². The van der Waals surface area contributed by atoms with Gasteiger partial charge in [-0.2, -0.15) is 0 Å². The molecular formula is C12H18N2OS. The molecule has 0 bridgehead atoms. The Balaban J connectivity index is 2.00. The van der Waals surface area contributed by atoms with Crippen LogP contribution in [0.4, 0.5) is 0 Å². The number of carbonyl (C=O) groups is 1. The van der Waals surface area contributed by atoms with Crippen LogP contribution >= 0.6 is 11.3 Å². The zero-order valence-electron chi connectivity index (χ0n) is 9.91. The molecule has 1 aromatic rings. The molecule has 88 valence electrons. The van der Waals surface area contributed by atoms with Gasteiger partial charge >= 0.3 is 0 Å². The van der Waals surface area contributed by atoms with Gasteiger partial charge in [0.25, 0.3) is 0 Å². The second kappa shape index (κ2) is 4.18. The summed E-state index contributed by atoms with van der Waals surface area (Å²) in [6, 6.07) is 2.32. The number of hydrogen-bond donors (Lipinski definition) is 2. The van der Waals surface area contributed by atoms with Gasteiger partial charge in [0.2, 0.25) is 5.91 Å². The van der Waals surface area contributed by atoms with E-state index in [1.165, 1.54) is 15.3 Å². The summed E-state index contributed by atoms with van der Waals surface area (Å²) >= 11 is 1.77. The molecule has 0 saturated heterocycles. The molecule has 2 rings (SSSR count). The van der Waals surface area contributed by atoms with Gasteiger partial charge in [-0.05, 0) is 38.8 Å². The molecule has 3 unspecified atom stereocenters. The second-order valence-corrected chi connectivity index (χ2v) is 6.07. The van der Waals surface area contributed by atoms with Crippen molar-refractivity contribution in [2.24, 2.45) is 11.7 Å². The van der Waals surface area contributed by atoms with Gasteiger partial charge in [0.1, 0.15) is 0 Å². The largest absolute Gasteiger partial charge is 0.349 e. The summed E-state index contributed by atoms with van der Waals surface area (Å²) in [6.07, 6.45) is 0.834. The van der Waals surface area contributed by atoms with Crippen LogP contribution in [-0.4, -0.2) is 11.9 Å². The molecule has 3 nitrogen and oxygen atoms in total. The molecule has 3 atom stereocenters. The van der Waals surface area contributed by atoms with Crippen molar-refractivity contribution in [3.8, 4) is 0 Å². The van der Waals surface area contributed by atoms with Crippen LogP contribution in [0.5, 0.6) is 0 Å². The smallest absolute Gasteiger partial charge is 0.225 e. The van der Waals surface area contributed by atoms with Crippen LogP contribution < -0.4 is 11.1 Å². The summed E-state index contributed by atoms with van der Waals surface area (Å²) in [5.41, 5.74) is 6.88. The third-order valence-corrected chi connectivity index (χ3v) is 4.06. The molecular weight excluding hydrogens is 220 g/mol. The Morgan fingerprint density at radius 1 is 1.62 bits per heavy atom. The summed E-state index contributed by atoms with van der Waals surface area (Å²) in [6.45, 7) is 6.21. The van der Waals surface area contributed by atoms with E-state index < -0.39 is 0 Å². The van der Waals surface area contributed by atoms with E-state index in [9.17, 15) is 4.79 Å². The van der Waals surface area contributed by atoms with Crippen molar-refractivity contribution in [3.63, 3.8) is 0 Å². The van der Waals surface area contributed by atoms with Gasteiger partial charge in [-0.3, -0.25) is 4.79 Å². The first kappa shape index (κ1) is 11.6. The molecule has 0 radical (unpaired) electrons. The lowest BCUT2D eigenvalue weighted by Crippen LogP contribution is -2.30. The monoisotopic (exact) mass is 238 g/mol. The molecule has 1 amide bonds. The average molecular weight is 238 g/mol. The maximum Gasteiger partial charge on any atom is 0.225 e. The minimum atomic E-state index is 0.0440. The molecule has 0 aromatic carbocycles. The third kappa shape index (κ3) is 2.28. The Kier molecular flexibility index (Phi) is 3.04. The lowest BCUT2D eigenvalue weighted by Gasteiger charge is -2.13. The van der Waals surface area contributed by atoms with Gasteiger partial charge in [0.05, 0.1) is 12.0 Å². The van der Waals surface area contributed by atoms with Crippen molar-refractivity contribution in [3.05, 3.63) is 21.4 Å². The second-order valence-electron chi connectivity index (χ2n) is 4.60. The highest BCUT2D eigenvalue weighted by Crippen LogP contribution is 2.30. The Bertz CT molecular complexity index is 413. The molecule has 0 aliphatic heterocycles. The van der Waals surface area contributed by atoms with Crippen LogP contribution in [0.2, 0.25) is 0 Å². The zero-order valence-corrected chi connectivity index (χ0v) is 10.7. The molecule has 16 heavy (non-hydrogen) atoms. The quantitative estimate of drug-likeness (QED) is 0.845. The number of amides is 1. The van der Waals surface area contributed by atoms with Crippen LogP contribution in [0.1, 0.15) is 34.7 Å². The standard InChI is InChI=1S/C12H18N2OS/c1-6-4-9(8(3)16-6)7(2)14-12(15)10-5-11(10)13/h4,7,10-11H,5,13H2,1-3H3,(H,14,15). The summed E-state index contributed by atoms with van der Waals surface area (Å²) in [5.74, 6) is 0.144. The Hall–Kier alpha value is -0.870. The van der Waals surface area contributed by atoms with Gasteiger partial charge in [0, 0.05) is 15.8 Å². The minimum absolute atomic E-state index is 0.0440. The molecule has 0 spiro atoms. The molecule has 1 aliphatic rings. The van der Waals surface area contributed by atoms with Crippen molar-refractivity contribution in [2.45, 2.75) is 39.3 Å². The first-order chi connectivity index (χ1) is 7.49. The van der Waals surface area contributed by atoms with Crippen molar-refractivity contribution in [1.82, 2.24) is 5.32 Å². The predicted molar refractivity (Wildman–Crippen MR) is 66.4 cm³/mol. The van der Waals surface area contributed by atoms with Crippen LogP contribution in [0, 0.1) is 19.8 Å². The zero-order chi connectivity index (χ0) is 11.9. The van der Waals surface area contributed by atoms with Crippen LogP contribution in [0.15, 0.2) is 6.07 Å². The number of hydrogen-bond acceptors (Lipinski definition) is 3. The van der Waals surface area contributed by atoms with E-state index in [1.807, 2.05) is 6.92 Å². The topological polar surface area (TPSA) is 55.1 Å². The van der Waals surface area contributed by atoms with E-state index >= 15 is 0 Å². The molecule has 3 N–H and O–H groups in total. The summed E-state index contributed by atoms with van der Waals surface area (Å²) in [7, 11) is 0. The van der Waals surface area contributed by atoms with Gasteiger partial charge in [0.15, 0.2) is 0 Å². The SMILES string of the molecule is Cc1cc(C(C)NC(=O)C2CC2N)c(C)s1. The number of thiophene rings is 1. The summed E-state index contributed by atoms with van der Waals surface area (Å²) in [4.78, 5) is 14.3. The lowest BCUT2D eigenvalue weighted by molar-refractivity contribution is -0.123. The van der Waals surface area contributed by atoms with E-state index in [1.54, 1.807) is 11.3 Å². The normalized spacial score (nSPS) is 25.2. The summed E-state index contributed by atoms with van der Waals surface area (Å²) in [5, 5.41) is 3.03. The number of rotatable bonds is 3. The minimum Gasteiger partial charge on any atom is -0.349 e. The Labute approximate surface area is 100 Å². The van der Waals surface area contributed by atoms with Crippen molar-refractivity contribution >= 4 is 17.2 Å². The van der Waals surface area contributed by atoms with Crippen LogP contribution in [0.3, 0.4) is 0 Å².